The fourth-order valence-electron chi connectivity index (χ4n) is 3.07. The molecule has 0 bridgehead atoms. The van der Waals surface area contributed by atoms with Gasteiger partial charge in [0.25, 0.3) is 0 Å². The van der Waals surface area contributed by atoms with Gasteiger partial charge in [0.2, 0.25) is 0 Å². The maximum Gasteiger partial charge on any atom is 0.191 e. The van der Waals surface area contributed by atoms with Gasteiger partial charge in [-0.1, -0.05) is 26.7 Å². The molecule has 0 radical (unpaired) electrons. The van der Waals surface area contributed by atoms with Crippen LogP contribution in [0.1, 0.15) is 52.4 Å². The predicted molar refractivity (Wildman–Crippen MR) is 77.6 cm³/mol. The summed E-state index contributed by atoms with van der Waals surface area (Å²) in [5.41, 5.74) is 6.11. The number of hydrogen-bond acceptors (Lipinski definition) is 1. The molecule has 1 aliphatic carbocycles. The lowest BCUT2D eigenvalue weighted by atomic mass is 9.83. The van der Waals surface area contributed by atoms with Gasteiger partial charge in [-0.15, -0.1) is 0 Å². The lowest BCUT2D eigenvalue weighted by Gasteiger charge is -2.31. The third-order valence-corrected chi connectivity index (χ3v) is 4.75. The van der Waals surface area contributed by atoms with Gasteiger partial charge in [0, 0.05) is 19.6 Å². The molecule has 0 amide bonds. The molecule has 2 rings (SSSR count). The number of guanidine groups is 1. The molecule has 0 aromatic heterocycles. The first-order valence-corrected chi connectivity index (χ1v) is 7.70. The van der Waals surface area contributed by atoms with Crippen LogP contribution in [0, 0.1) is 17.8 Å². The van der Waals surface area contributed by atoms with Crippen LogP contribution in [0.15, 0.2) is 4.99 Å². The molecular weight excluding hydrogens is 222 g/mol. The Balaban J connectivity index is 1.74. The Hall–Kier alpha value is -0.730. The number of nitrogens with zero attached hydrogens (tertiary/aromatic N) is 2. The van der Waals surface area contributed by atoms with Gasteiger partial charge in [0.05, 0.1) is 0 Å². The molecule has 2 N–H and O–H groups in total. The molecule has 2 fully saturated rings. The summed E-state index contributed by atoms with van der Waals surface area (Å²) < 4.78 is 0. The summed E-state index contributed by atoms with van der Waals surface area (Å²) in [4.78, 5) is 6.91. The molecule has 1 aliphatic heterocycles. The molecule has 1 heterocycles. The van der Waals surface area contributed by atoms with E-state index < -0.39 is 0 Å². The van der Waals surface area contributed by atoms with E-state index in [0.29, 0.717) is 0 Å². The average Bonchev–Trinajstić information content (AvgIpc) is 2.38. The van der Waals surface area contributed by atoms with Crippen molar-refractivity contribution in [2.24, 2.45) is 28.5 Å². The van der Waals surface area contributed by atoms with E-state index in [1.807, 2.05) is 0 Å². The predicted octanol–water partition coefficient (Wildman–Crippen LogP) is 2.86. The Bertz CT molecular complexity index is 271. The Morgan fingerprint density at radius 1 is 1.00 bits per heavy atom. The lowest BCUT2D eigenvalue weighted by molar-refractivity contribution is 0.273. The van der Waals surface area contributed by atoms with Gasteiger partial charge in [-0.25, -0.2) is 0 Å². The van der Waals surface area contributed by atoms with E-state index in [9.17, 15) is 0 Å². The summed E-state index contributed by atoms with van der Waals surface area (Å²) in [5.74, 6) is 3.35. The van der Waals surface area contributed by atoms with Gasteiger partial charge >= 0.3 is 0 Å². The van der Waals surface area contributed by atoms with Gasteiger partial charge in [-0.05, 0) is 43.4 Å². The topological polar surface area (TPSA) is 41.6 Å². The summed E-state index contributed by atoms with van der Waals surface area (Å²) in [6.45, 7) is 7.83. The van der Waals surface area contributed by atoms with E-state index >= 15 is 0 Å². The van der Waals surface area contributed by atoms with Gasteiger partial charge in [0.15, 0.2) is 5.96 Å². The molecule has 1 saturated heterocycles. The van der Waals surface area contributed by atoms with E-state index in [1.165, 1.54) is 38.5 Å². The van der Waals surface area contributed by atoms with Crippen LogP contribution < -0.4 is 5.73 Å². The van der Waals surface area contributed by atoms with Crippen molar-refractivity contribution in [3.63, 3.8) is 0 Å². The SMILES string of the molecule is CC1CCC(CN=C(N)N2CCC(C)CC2)CC1. The van der Waals surface area contributed by atoms with Crippen LogP contribution in [-0.2, 0) is 0 Å². The quantitative estimate of drug-likeness (QED) is 0.605. The van der Waals surface area contributed by atoms with Crippen LogP contribution in [-0.4, -0.2) is 30.5 Å². The van der Waals surface area contributed by atoms with Crippen LogP contribution in [0.5, 0.6) is 0 Å². The second-order valence-electron chi connectivity index (χ2n) is 6.49. The number of aliphatic imine (C=N–C) groups is 1. The molecule has 0 aromatic rings. The van der Waals surface area contributed by atoms with Crippen LogP contribution in [0.4, 0.5) is 0 Å². The number of rotatable bonds is 2. The molecule has 3 nitrogen and oxygen atoms in total. The minimum absolute atomic E-state index is 0.781. The molecule has 0 aromatic carbocycles. The zero-order valence-electron chi connectivity index (χ0n) is 12.1. The highest BCUT2D eigenvalue weighted by Crippen LogP contribution is 2.28. The number of nitrogens with two attached hydrogens (primary N) is 1. The summed E-state index contributed by atoms with van der Waals surface area (Å²) in [6.07, 6.45) is 7.96. The van der Waals surface area contributed by atoms with E-state index in [2.05, 4.69) is 23.7 Å². The molecule has 0 atom stereocenters. The summed E-state index contributed by atoms with van der Waals surface area (Å²) in [6, 6.07) is 0. The van der Waals surface area contributed by atoms with Crippen LogP contribution in [0.25, 0.3) is 0 Å². The first-order valence-electron chi connectivity index (χ1n) is 7.70. The molecule has 2 aliphatic rings. The molecule has 0 unspecified atom stereocenters. The van der Waals surface area contributed by atoms with E-state index in [0.717, 1.165) is 43.3 Å². The fraction of sp³-hybridized carbons (Fsp3) is 0.933. The Morgan fingerprint density at radius 3 is 2.17 bits per heavy atom. The third-order valence-electron chi connectivity index (χ3n) is 4.75. The van der Waals surface area contributed by atoms with Crippen LogP contribution in [0.3, 0.4) is 0 Å². The highest BCUT2D eigenvalue weighted by atomic mass is 15.3. The van der Waals surface area contributed by atoms with Crippen molar-refractivity contribution in [1.29, 1.82) is 0 Å². The Kier molecular flexibility index (Phi) is 4.90. The van der Waals surface area contributed by atoms with Crippen LogP contribution >= 0.6 is 0 Å². The molecule has 104 valence electrons. The highest BCUT2D eigenvalue weighted by molar-refractivity contribution is 5.78. The molecular formula is C15H29N3. The van der Waals surface area contributed by atoms with Crippen molar-refractivity contribution in [2.75, 3.05) is 19.6 Å². The second-order valence-corrected chi connectivity index (χ2v) is 6.49. The first-order chi connectivity index (χ1) is 8.65. The minimum atomic E-state index is 0.781. The van der Waals surface area contributed by atoms with Crippen molar-refractivity contribution >= 4 is 5.96 Å². The van der Waals surface area contributed by atoms with Gasteiger partial charge in [-0.3, -0.25) is 4.99 Å². The van der Waals surface area contributed by atoms with Crippen LogP contribution in [0.2, 0.25) is 0 Å². The van der Waals surface area contributed by atoms with E-state index in [-0.39, 0.29) is 0 Å². The number of piperidine rings is 1. The molecule has 18 heavy (non-hydrogen) atoms. The van der Waals surface area contributed by atoms with E-state index in [4.69, 9.17) is 5.73 Å². The minimum Gasteiger partial charge on any atom is -0.370 e. The van der Waals surface area contributed by atoms with Crippen molar-refractivity contribution in [2.45, 2.75) is 52.4 Å². The average molecular weight is 251 g/mol. The second kappa shape index (κ2) is 6.44. The fourth-order valence-corrected chi connectivity index (χ4v) is 3.07. The zero-order chi connectivity index (χ0) is 13.0. The summed E-state index contributed by atoms with van der Waals surface area (Å²) in [5, 5.41) is 0. The van der Waals surface area contributed by atoms with Gasteiger partial charge in [-0.2, -0.15) is 0 Å². The largest absolute Gasteiger partial charge is 0.370 e. The standard InChI is InChI=1S/C15H29N3/c1-12-3-5-14(6-4-12)11-17-15(16)18-9-7-13(2)8-10-18/h12-14H,3-11H2,1-2H3,(H2,16,17). The molecule has 0 spiro atoms. The van der Waals surface area contributed by atoms with Gasteiger partial charge < -0.3 is 10.6 Å². The number of hydrogen-bond donors (Lipinski definition) is 1. The summed E-state index contributed by atoms with van der Waals surface area (Å²) >= 11 is 0. The van der Waals surface area contributed by atoms with Crippen molar-refractivity contribution in [1.82, 2.24) is 4.90 Å². The van der Waals surface area contributed by atoms with Gasteiger partial charge in [0.1, 0.15) is 0 Å². The maximum atomic E-state index is 6.11. The Labute approximate surface area is 112 Å². The molecule has 3 heteroatoms. The molecule has 1 saturated carbocycles. The Morgan fingerprint density at radius 2 is 1.56 bits per heavy atom. The lowest BCUT2D eigenvalue weighted by Crippen LogP contribution is -2.42. The third kappa shape index (κ3) is 3.89. The zero-order valence-corrected chi connectivity index (χ0v) is 12.1. The normalized spacial score (nSPS) is 31.7. The monoisotopic (exact) mass is 251 g/mol. The van der Waals surface area contributed by atoms with E-state index in [1.54, 1.807) is 0 Å². The van der Waals surface area contributed by atoms with Crippen molar-refractivity contribution < 1.29 is 0 Å². The smallest absolute Gasteiger partial charge is 0.191 e. The maximum absolute atomic E-state index is 6.11. The van der Waals surface area contributed by atoms with Crippen molar-refractivity contribution in [3.05, 3.63) is 0 Å². The highest BCUT2D eigenvalue weighted by Gasteiger charge is 2.19. The van der Waals surface area contributed by atoms with Crippen molar-refractivity contribution in [3.8, 4) is 0 Å². The summed E-state index contributed by atoms with van der Waals surface area (Å²) in [7, 11) is 0. The number of likely N-dealkylation sites (tertiary alicyclic amines) is 1. The first kappa shape index (κ1) is 13.7.